The predicted octanol–water partition coefficient (Wildman–Crippen LogP) is 3.98. The minimum absolute atomic E-state index is 0.0852. The summed E-state index contributed by atoms with van der Waals surface area (Å²) in [6.45, 7) is 12.1. The van der Waals surface area contributed by atoms with Crippen LogP contribution in [-0.2, 0) is 20.8 Å². The van der Waals surface area contributed by atoms with Gasteiger partial charge in [0.15, 0.2) is 5.78 Å². The Morgan fingerprint density at radius 2 is 1.80 bits per heavy atom. The molecule has 138 valence electrons. The van der Waals surface area contributed by atoms with E-state index in [2.05, 4.69) is 6.58 Å². The first kappa shape index (κ1) is 20.9. The number of nitrogens with zero attached hydrogens (tertiary/aromatic N) is 1. The third-order valence-corrected chi connectivity index (χ3v) is 3.22. The van der Waals surface area contributed by atoms with Crippen molar-refractivity contribution in [3.8, 4) is 0 Å². The van der Waals surface area contributed by atoms with E-state index in [9.17, 15) is 9.59 Å². The summed E-state index contributed by atoms with van der Waals surface area (Å²) >= 11 is 0. The zero-order valence-electron chi connectivity index (χ0n) is 15.7. The highest BCUT2D eigenvalue weighted by Crippen LogP contribution is 2.13. The van der Waals surface area contributed by atoms with Crippen LogP contribution in [0, 0.1) is 0 Å². The van der Waals surface area contributed by atoms with Gasteiger partial charge in [0.05, 0.1) is 13.2 Å². The van der Waals surface area contributed by atoms with Gasteiger partial charge >= 0.3 is 6.09 Å². The molecule has 0 spiro atoms. The van der Waals surface area contributed by atoms with Gasteiger partial charge in [-0.2, -0.15) is 0 Å². The molecule has 25 heavy (non-hydrogen) atoms. The van der Waals surface area contributed by atoms with Crippen molar-refractivity contribution >= 4 is 11.9 Å². The zero-order valence-corrected chi connectivity index (χ0v) is 15.7. The van der Waals surface area contributed by atoms with E-state index in [4.69, 9.17) is 9.47 Å². The monoisotopic (exact) mass is 347 g/mol. The molecule has 0 bridgehead atoms. The minimum Gasteiger partial charge on any atom is -0.444 e. The van der Waals surface area contributed by atoms with E-state index in [0.717, 1.165) is 12.0 Å². The van der Waals surface area contributed by atoms with Crippen molar-refractivity contribution in [1.82, 2.24) is 4.90 Å². The lowest BCUT2D eigenvalue weighted by Crippen LogP contribution is -2.40. The summed E-state index contributed by atoms with van der Waals surface area (Å²) in [6.07, 6.45) is 0.353. The molecule has 0 N–H and O–H groups in total. The average molecular weight is 347 g/mol. The third-order valence-electron chi connectivity index (χ3n) is 3.22. The van der Waals surface area contributed by atoms with Crippen molar-refractivity contribution in [3.63, 3.8) is 0 Å². The van der Waals surface area contributed by atoms with Gasteiger partial charge < -0.3 is 9.47 Å². The summed E-state index contributed by atoms with van der Waals surface area (Å²) in [4.78, 5) is 26.2. The maximum atomic E-state index is 12.5. The lowest BCUT2D eigenvalue weighted by molar-refractivity contribution is -0.117. The van der Waals surface area contributed by atoms with E-state index in [1.54, 1.807) is 20.8 Å². The summed E-state index contributed by atoms with van der Waals surface area (Å²) in [5, 5.41) is 0. The van der Waals surface area contributed by atoms with Crippen molar-refractivity contribution in [2.75, 3.05) is 19.8 Å². The first-order valence-electron chi connectivity index (χ1n) is 8.53. The van der Waals surface area contributed by atoms with Gasteiger partial charge in [-0.05, 0) is 32.8 Å². The van der Waals surface area contributed by atoms with Crippen LogP contribution in [0.25, 0.3) is 0 Å². The average Bonchev–Trinajstić information content (AvgIpc) is 2.53. The molecule has 0 radical (unpaired) electrons. The molecular weight excluding hydrogens is 318 g/mol. The maximum absolute atomic E-state index is 12.5. The van der Waals surface area contributed by atoms with Gasteiger partial charge in [0.25, 0.3) is 0 Å². The summed E-state index contributed by atoms with van der Waals surface area (Å²) in [5.74, 6) is -0.224. The molecule has 1 amide bonds. The van der Waals surface area contributed by atoms with Gasteiger partial charge in [-0.15, -0.1) is 0 Å². The van der Waals surface area contributed by atoms with Gasteiger partial charge in [-0.3, -0.25) is 9.69 Å². The summed E-state index contributed by atoms with van der Waals surface area (Å²) < 4.78 is 10.8. The molecule has 0 aromatic heterocycles. The van der Waals surface area contributed by atoms with Crippen molar-refractivity contribution in [1.29, 1.82) is 0 Å². The standard InChI is InChI=1S/C20H29NO4/c1-6-12-24-15-16(2)18(22)14-21(19(23)25-20(3,4)5)13-17-10-8-7-9-11-17/h7-11H,2,6,12-15H2,1,3-5H3. The quantitative estimate of drug-likeness (QED) is 0.501. The second kappa shape index (κ2) is 9.99. The predicted molar refractivity (Wildman–Crippen MR) is 98.3 cm³/mol. The number of ketones is 1. The molecule has 0 aliphatic carbocycles. The second-order valence-corrected chi connectivity index (χ2v) is 6.90. The van der Waals surface area contributed by atoms with Crippen LogP contribution in [0.2, 0.25) is 0 Å². The molecule has 0 unspecified atom stereocenters. The van der Waals surface area contributed by atoms with Crippen LogP contribution in [0.1, 0.15) is 39.7 Å². The summed E-state index contributed by atoms with van der Waals surface area (Å²) in [6, 6.07) is 9.49. The highest BCUT2D eigenvalue weighted by Gasteiger charge is 2.24. The molecular formula is C20H29NO4. The summed E-state index contributed by atoms with van der Waals surface area (Å²) in [5.41, 5.74) is 0.653. The first-order valence-corrected chi connectivity index (χ1v) is 8.53. The molecule has 0 saturated carbocycles. The van der Waals surface area contributed by atoms with E-state index in [1.165, 1.54) is 4.90 Å². The van der Waals surface area contributed by atoms with Crippen LogP contribution >= 0.6 is 0 Å². The number of ether oxygens (including phenoxy) is 2. The molecule has 0 saturated heterocycles. The molecule has 5 nitrogen and oxygen atoms in total. The molecule has 0 aliphatic heterocycles. The number of carbonyl (C=O) groups is 2. The maximum Gasteiger partial charge on any atom is 0.411 e. The number of rotatable bonds is 9. The molecule has 0 aliphatic rings. The van der Waals surface area contributed by atoms with E-state index in [1.807, 2.05) is 37.3 Å². The smallest absolute Gasteiger partial charge is 0.411 e. The Kier molecular flexibility index (Phi) is 8.35. The Bertz CT molecular complexity index is 575. The fraction of sp³-hybridized carbons (Fsp3) is 0.500. The highest BCUT2D eigenvalue weighted by molar-refractivity contribution is 5.97. The Labute approximate surface area is 150 Å². The Hall–Kier alpha value is -2.14. The third kappa shape index (κ3) is 8.49. The second-order valence-electron chi connectivity index (χ2n) is 6.90. The van der Waals surface area contributed by atoms with Crippen molar-refractivity contribution < 1.29 is 19.1 Å². The van der Waals surface area contributed by atoms with Gasteiger partial charge in [0, 0.05) is 18.7 Å². The molecule has 0 atom stereocenters. The van der Waals surface area contributed by atoms with E-state index in [0.29, 0.717) is 18.7 Å². The minimum atomic E-state index is -0.629. The molecule has 5 heteroatoms. The van der Waals surface area contributed by atoms with E-state index >= 15 is 0 Å². The van der Waals surface area contributed by atoms with Crippen molar-refractivity contribution in [2.45, 2.75) is 46.3 Å². The fourth-order valence-electron chi connectivity index (χ4n) is 2.02. The van der Waals surface area contributed by atoms with Crippen LogP contribution in [0.5, 0.6) is 0 Å². The molecule has 1 aromatic carbocycles. The van der Waals surface area contributed by atoms with Crippen LogP contribution in [0.4, 0.5) is 4.79 Å². The van der Waals surface area contributed by atoms with Crippen LogP contribution in [-0.4, -0.2) is 42.1 Å². The van der Waals surface area contributed by atoms with E-state index < -0.39 is 11.7 Å². The van der Waals surface area contributed by atoms with Gasteiger partial charge in [-0.1, -0.05) is 43.8 Å². The number of amides is 1. The Balaban J connectivity index is 2.78. The highest BCUT2D eigenvalue weighted by atomic mass is 16.6. The molecule has 1 aromatic rings. The number of carbonyl (C=O) groups excluding carboxylic acids is 2. The molecule has 1 rings (SSSR count). The lowest BCUT2D eigenvalue weighted by Gasteiger charge is -2.27. The van der Waals surface area contributed by atoms with Crippen LogP contribution < -0.4 is 0 Å². The number of Topliss-reactive ketones (excluding diaryl/α,β-unsaturated/α-hetero) is 1. The largest absolute Gasteiger partial charge is 0.444 e. The molecule has 0 fully saturated rings. The van der Waals surface area contributed by atoms with Crippen LogP contribution in [0.15, 0.2) is 42.5 Å². The number of hydrogen-bond acceptors (Lipinski definition) is 4. The number of hydrogen-bond donors (Lipinski definition) is 0. The fourth-order valence-corrected chi connectivity index (χ4v) is 2.02. The van der Waals surface area contributed by atoms with Gasteiger partial charge in [-0.25, -0.2) is 4.79 Å². The Morgan fingerprint density at radius 3 is 2.36 bits per heavy atom. The van der Waals surface area contributed by atoms with Crippen LogP contribution in [0.3, 0.4) is 0 Å². The Morgan fingerprint density at radius 1 is 1.16 bits per heavy atom. The normalized spacial score (nSPS) is 11.0. The SMILES string of the molecule is C=C(COCCC)C(=O)CN(Cc1ccccc1)C(=O)OC(C)(C)C. The van der Waals surface area contributed by atoms with Gasteiger partial charge in [0.2, 0.25) is 0 Å². The van der Waals surface area contributed by atoms with Crippen molar-refractivity contribution in [2.24, 2.45) is 0 Å². The van der Waals surface area contributed by atoms with E-state index in [-0.39, 0.29) is 18.9 Å². The lowest BCUT2D eigenvalue weighted by atomic mass is 10.1. The van der Waals surface area contributed by atoms with Crippen molar-refractivity contribution in [3.05, 3.63) is 48.0 Å². The topological polar surface area (TPSA) is 55.8 Å². The zero-order chi connectivity index (χ0) is 18.9. The number of benzene rings is 1. The molecule has 0 heterocycles. The van der Waals surface area contributed by atoms with Gasteiger partial charge in [0.1, 0.15) is 5.60 Å². The first-order chi connectivity index (χ1) is 11.7. The summed E-state index contributed by atoms with van der Waals surface area (Å²) in [7, 11) is 0.